The Bertz CT molecular complexity index is 422. The maximum Gasteiger partial charge on any atom is 0.176 e. The molecule has 0 fully saturated rings. The minimum absolute atomic E-state index is 0.174. The molecule has 1 unspecified atom stereocenters. The molecule has 16 heavy (non-hydrogen) atoms. The zero-order valence-corrected chi connectivity index (χ0v) is 9.42. The van der Waals surface area contributed by atoms with Crippen molar-refractivity contribution in [1.29, 1.82) is 0 Å². The highest BCUT2D eigenvalue weighted by molar-refractivity contribution is 5.13. The molecule has 1 N–H and O–H groups in total. The van der Waals surface area contributed by atoms with Crippen LogP contribution >= 0.6 is 0 Å². The molecule has 0 spiro atoms. The molecule has 86 valence electrons. The second-order valence-electron chi connectivity index (χ2n) is 3.57. The van der Waals surface area contributed by atoms with Crippen LogP contribution in [0.3, 0.4) is 0 Å². The first-order valence-electron chi connectivity index (χ1n) is 5.28. The highest BCUT2D eigenvalue weighted by Gasteiger charge is 2.15. The van der Waals surface area contributed by atoms with Crippen molar-refractivity contribution in [3.05, 3.63) is 30.0 Å². The van der Waals surface area contributed by atoms with Crippen molar-refractivity contribution >= 4 is 0 Å². The molecule has 0 aromatic carbocycles. The zero-order chi connectivity index (χ0) is 11.4. The number of hydrogen-bond donors (Lipinski definition) is 1. The van der Waals surface area contributed by atoms with Crippen LogP contribution in [0.1, 0.15) is 24.4 Å². The van der Waals surface area contributed by atoms with Gasteiger partial charge in [-0.05, 0) is 17.8 Å². The monoisotopic (exact) mass is 221 g/mol. The van der Waals surface area contributed by atoms with Crippen molar-refractivity contribution in [2.75, 3.05) is 6.54 Å². The third-order valence-corrected chi connectivity index (χ3v) is 2.33. The highest BCUT2D eigenvalue weighted by atomic mass is 16.3. The SMILES string of the molecule is CCNC(Cc1nnn(C)n1)c1ccoc1. The Morgan fingerprint density at radius 3 is 3.00 bits per heavy atom. The second-order valence-corrected chi connectivity index (χ2v) is 3.57. The summed E-state index contributed by atoms with van der Waals surface area (Å²) in [7, 11) is 1.76. The zero-order valence-electron chi connectivity index (χ0n) is 9.42. The van der Waals surface area contributed by atoms with E-state index in [1.165, 1.54) is 4.80 Å². The summed E-state index contributed by atoms with van der Waals surface area (Å²) < 4.78 is 5.08. The number of furan rings is 1. The first-order valence-corrected chi connectivity index (χ1v) is 5.28. The summed E-state index contributed by atoms with van der Waals surface area (Å²) in [6.07, 6.45) is 4.12. The Kier molecular flexibility index (Phi) is 3.31. The molecule has 2 aromatic heterocycles. The Morgan fingerprint density at radius 2 is 2.44 bits per heavy atom. The minimum atomic E-state index is 0.174. The summed E-state index contributed by atoms with van der Waals surface area (Å²) in [4.78, 5) is 1.47. The molecule has 0 aliphatic heterocycles. The van der Waals surface area contributed by atoms with Crippen molar-refractivity contribution in [2.24, 2.45) is 7.05 Å². The summed E-state index contributed by atoms with van der Waals surface area (Å²) in [5.74, 6) is 0.731. The number of nitrogens with one attached hydrogen (secondary N) is 1. The molecule has 6 nitrogen and oxygen atoms in total. The van der Waals surface area contributed by atoms with Crippen LogP contribution in [0, 0.1) is 0 Å². The number of nitrogens with zero attached hydrogens (tertiary/aromatic N) is 4. The van der Waals surface area contributed by atoms with E-state index in [-0.39, 0.29) is 6.04 Å². The normalized spacial score (nSPS) is 12.9. The lowest BCUT2D eigenvalue weighted by molar-refractivity contribution is 0.516. The molecular weight excluding hydrogens is 206 g/mol. The predicted molar refractivity (Wildman–Crippen MR) is 57.6 cm³/mol. The highest BCUT2D eigenvalue weighted by Crippen LogP contribution is 2.16. The van der Waals surface area contributed by atoms with Crippen molar-refractivity contribution in [2.45, 2.75) is 19.4 Å². The van der Waals surface area contributed by atoms with Crippen LogP contribution in [0.25, 0.3) is 0 Å². The first kappa shape index (κ1) is 10.8. The molecule has 0 saturated heterocycles. The van der Waals surface area contributed by atoms with Crippen molar-refractivity contribution < 1.29 is 4.42 Å². The van der Waals surface area contributed by atoms with Crippen LogP contribution in [0.15, 0.2) is 23.0 Å². The molecule has 2 heterocycles. The van der Waals surface area contributed by atoms with Crippen LogP contribution < -0.4 is 5.32 Å². The van der Waals surface area contributed by atoms with Crippen molar-refractivity contribution in [1.82, 2.24) is 25.5 Å². The number of likely N-dealkylation sites (N-methyl/N-ethyl adjacent to an activating group) is 1. The molecule has 1 atom stereocenters. The van der Waals surface area contributed by atoms with E-state index in [1.807, 2.05) is 6.07 Å². The van der Waals surface area contributed by atoms with Gasteiger partial charge in [-0.2, -0.15) is 4.80 Å². The number of aryl methyl sites for hydroxylation is 1. The largest absolute Gasteiger partial charge is 0.472 e. The summed E-state index contributed by atoms with van der Waals surface area (Å²) >= 11 is 0. The Balaban J connectivity index is 2.09. The van der Waals surface area contributed by atoms with Gasteiger partial charge >= 0.3 is 0 Å². The average molecular weight is 221 g/mol. The van der Waals surface area contributed by atoms with Crippen LogP contribution in [-0.4, -0.2) is 26.8 Å². The standard InChI is InChI=1S/C10H15N5O/c1-3-11-9(8-4-5-16-7-8)6-10-12-14-15(2)13-10/h4-5,7,9,11H,3,6H2,1-2H3. The summed E-state index contributed by atoms with van der Waals surface area (Å²) in [6, 6.07) is 2.12. The van der Waals surface area contributed by atoms with Crippen LogP contribution in [0.2, 0.25) is 0 Å². The van der Waals surface area contributed by atoms with Crippen molar-refractivity contribution in [3.8, 4) is 0 Å². The van der Waals surface area contributed by atoms with Crippen LogP contribution in [0.5, 0.6) is 0 Å². The van der Waals surface area contributed by atoms with Gasteiger partial charge in [0.1, 0.15) is 0 Å². The van der Waals surface area contributed by atoms with E-state index >= 15 is 0 Å². The van der Waals surface area contributed by atoms with E-state index in [9.17, 15) is 0 Å². The molecule has 0 radical (unpaired) electrons. The summed E-state index contributed by atoms with van der Waals surface area (Å²) in [6.45, 7) is 2.95. The molecule has 0 saturated carbocycles. The van der Waals surface area contributed by atoms with Crippen LogP contribution in [-0.2, 0) is 13.5 Å². The van der Waals surface area contributed by atoms with Gasteiger partial charge < -0.3 is 9.73 Å². The lowest BCUT2D eigenvalue weighted by Crippen LogP contribution is -2.23. The van der Waals surface area contributed by atoms with Gasteiger partial charge in [-0.15, -0.1) is 10.2 Å². The fourth-order valence-corrected chi connectivity index (χ4v) is 1.62. The van der Waals surface area contributed by atoms with E-state index in [0.29, 0.717) is 6.42 Å². The van der Waals surface area contributed by atoms with E-state index in [1.54, 1.807) is 19.6 Å². The lowest BCUT2D eigenvalue weighted by Gasteiger charge is -2.13. The van der Waals surface area contributed by atoms with E-state index in [0.717, 1.165) is 17.9 Å². The topological polar surface area (TPSA) is 68.8 Å². The van der Waals surface area contributed by atoms with Gasteiger partial charge in [-0.3, -0.25) is 0 Å². The average Bonchev–Trinajstić information content (AvgIpc) is 2.88. The second kappa shape index (κ2) is 4.89. The quantitative estimate of drug-likeness (QED) is 0.804. The van der Waals surface area contributed by atoms with Gasteiger partial charge in [0.2, 0.25) is 0 Å². The number of rotatable bonds is 5. The number of hydrogen-bond acceptors (Lipinski definition) is 5. The van der Waals surface area contributed by atoms with Gasteiger partial charge in [-0.1, -0.05) is 6.92 Å². The van der Waals surface area contributed by atoms with Gasteiger partial charge in [0.05, 0.1) is 19.6 Å². The maximum absolute atomic E-state index is 5.08. The Labute approximate surface area is 93.6 Å². The van der Waals surface area contributed by atoms with E-state index < -0.39 is 0 Å². The number of aromatic nitrogens is 4. The van der Waals surface area contributed by atoms with Crippen LogP contribution in [0.4, 0.5) is 0 Å². The van der Waals surface area contributed by atoms with Gasteiger partial charge in [0, 0.05) is 18.0 Å². The molecule has 0 aliphatic rings. The van der Waals surface area contributed by atoms with E-state index in [4.69, 9.17) is 4.42 Å². The molecule has 2 rings (SSSR count). The van der Waals surface area contributed by atoms with Gasteiger partial charge in [0.25, 0.3) is 0 Å². The molecule has 2 aromatic rings. The predicted octanol–water partition coefficient (Wildman–Crippen LogP) is 0.696. The molecule has 0 amide bonds. The van der Waals surface area contributed by atoms with Gasteiger partial charge in [0.15, 0.2) is 5.82 Å². The summed E-state index contributed by atoms with van der Waals surface area (Å²) in [5, 5.41) is 15.3. The fraction of sp³-hybridized carbons (Fsp3) is 0.500. The Morgan fingerprint density at radius 1 is 1.56 bits per heavy atom. The maximum atomic E-state index is 5.08. The molecular formula is C10H15N5O. The third-order valence-electron chi connectivity index (χ3n) is 2.33. The summed E-state index contributed by atoms with van der Waals surface area (Å²) in [5.41, 5.74) is 1.11. The third kappa shape index (κ3) is 2.46. The van der Waals surface area contributed by atoms with Crippen molar-refractivity contribution in [3.63, 3.8) is 0 Å². The lowest BCUT2D eigenvalue weighted by atomic mass is 10.1. The molecule has 6 heteroatoms. The smallest absolute Gasteiger partial charge is 0.176 e. The van der Waals surface area contributed by atoms with Gasteiger partial charge in [-0.25, -0.2) is 0 Å². The van der Waals surface area contributed by atoms with E-state index in [2.05, 4.69) is 27.7 Å². The minimum Gasteiger partial charge on any atom is -0.472 e. The first-order chi connectivity index (χ1) is 7.79. The Hall–Kier alpha value is -1.69. The molecule has 0 aliphatic carbocycles. The molecule has 0 bridgehead atoms. The fourth-order valence-electron chi connectivity index (χ4n) is 1.62. The number of tetrazole rings is 1.